The van der Waals surface area contributed by atoms with Gasteiger partial charge in [-0.3, -0.25) is 0 Å². The number of rotatable bonds is 7. The van der Waals surface area contributed by atoms with Crippen LogP contribution in [0.1, 0.15) is 29.9 Å². The molecule has 1 aliphatic heterocycles. The van der Waals surface area contributed by atoms with E-state index in [-0.39, 0.29) is 22.8 Å². The molecule has 0 amide bonds. The fraction of sp³-hybridized carbons (Fsp3) is 0.269. The second-order valence-electron chi connectivity index (χ2n) is 8.24. The smallest absolute Gasteiger partial charge is 0.406 e. The summed E-state index contributed by atoms with van der Waals surface area (Å²) in [5.41, 5.74) is 2.21. The molecule has 35 heavy (non-hydrogen) atoms. The molecule has 2 atom stereocenters. The summed E-state index contributed by atoms with van der Waals surface area (Å²) in [5, 5.41) is 0. The highest BCUT2D eigenvalue weighted by Crippen LogP contribution is 2.36. The first-order valence-corrected chi connectivity index (χ1v) is 12.5. The average Bonchev–Trinajstić information content (AvgIpc) is 2.84. The standard InChI is InChI=1S/C26H24F3NO4S/c27-26(28,29)34-22-11-13-23(14-12-22)35(31,32)30-18-19-15-16-33-24(17-19)25(20-7-3-1-4-8-20)21-9-5-2-6-10-21/h1-14,18-19,24-25H,15-17H2/t19?,24-/m0/s1. The minimum absolute atomic E-state index is 0.0219. The average molecular weight is 504 g/mol. The van der Waals surface area contributed by atoms with Crippen molar-refractivity contribution in [1.82, 2.24) is 0 Å². The number of alkyl halides is 3. The van der Waals surface area contributed by atoms with Gasteiger partial charge < -0.3 is 9.47 Å². The fourth-order valence-electron chi connectivity index (χ4n) is 4.21. The molecule has 1 heterocycles. The Kier molecular flexibility index (Phi) is 7.57. The van der Waals surface area contributed by atoms with E-state index < -0.39 is 22.1 Å². The number of halogens is 3. The molecule has 0 bridgehead atoms. The highest BCUT2D eigenvalue weighted by atomic mass is 32.2. The zero-order valence-corrected chi connectivity index (χ0v) is 19.5. The largest absolute Gasteiger partial charge is 0.573 e. The van der Waals surface area contributed by atoms with Crippen LogP contribution in [0.4, 0.5) is 13.2 Å². The van der Waals surface area contributed by atoms with Crippen LogP contribution in [0, 0.1) is 5.92 Å². The predicted molar refractivity (Wildman–Crippen MR) is 126 cm³/mol. The molecule has 0 aliphatic carbocycles. The Morgan fingerprint density at radius 3 is 2.03 bits per heavy atom. The van der Waals surface area contributed by atoms with Crippen LogP contribution < -0.4 is 4.74 Å². The number of hydrogen-bond acceptors (Lipinski definition) is 4. The Morgan fingerprint density at radius 1 is 0.914 bits per heavy atom. The molecule has 0 spiro atoms. The van der Waals surface area contributed by atoms with Crippen LogP contribution in [-0.2, 0) is 14.8 Å². The number of sulfonamides is 1. The third-order valence-corrected chi connectivity index (χ3v) is 7.08. The molecule has 0 N–H and O–H groups in total. The fourth-order valence-corrected chi connectivity index (χ4v) is 5.14. The van der Waals surface area contributed by atoms with Gasteiger partial charge in [0.15, 0.2) is 0 Å². The van der Waals surface area contributed by atoms with Crippen LogP contribution in [0.5, 0.6) is 5.75 Å². The number of benzene rings is 3. The monoisotopic (exact) mass is 503 g/mol. The second kappa shape index (κ2) is 10.6. The third kappa shape index (κ3) is 6.70. The molecule has 184 valence electrons. The van der Waals surface area contributed by atoms with Gasteiger partial charge >= 0.3 is 6.36 Å². The van der Waals surface area contributed by atoms with E-state index in [2.05, 4.69) is 33.4 Å². The summed E-state index contributed by atoms with van der Waals surface area (Å²) in [6.07, 6.45) is -2.42. The molecular formula is C26H24F3NO4S. The van der Waals surface area contributed by atoms with Gasteiger partial charge in [-0.05, 0) is 54.2 Å². The molecule has 4 rings (SSSR count). The lowest BCUT2D eigenvalue weighted by molar-refractivity contribution is -0.274. The normalized spacial score (nSPS) is 19.2. The summed E-state index contributed by atoms with van der Waals surface area (Å²) in [6, 6.07) is 24.0. The van der Waals surface area contributed by atoms with Crippen molar-refractivity contribution >= 4 is 16.2 Å². The van der Waals surface area contributed by atoms with E-state index in [1.807, 2.05) is 36.4 Å². The van der Waals surface area contributed by atoms with E-state index in [0.29, 0.717) is 19.4 Å². The minimum Gasteiger partial charge on any atom is -0.406 e. The Hall–Kier alpha value is -3.17. The summed E-state index contributed by atoms with van der Waals surface area (Å²) in [5.74, 6) is -0.654. The van der Waals surface area contributed by atoms with Crippen LogP contribution in [0.3, 0.4) is 0 Å². The first kappa shape index (κ1) is 24.9. The van der Waals surface area contributed by atoms with Crippen LogP contribution in [0.15, 0.2) is 94.2 Å². The zero-order valence-electron chi connectivity index (χ0n) is 18.6. The molecule has 0 aromatic heterocycles. The van der Waals surface area contributed by atoms with E-state index in [4.69, 9.17) is 4.74 Å². The minimum atomic E-state index is -4.85. The van der Waals surface area contributed by atoms with Gasteiger partial charge in [0, 0.05) is 18.7 Å². The first-order valence-electron chi connectivity index (χ1n) is 11.1. The lowest BCUT2D eigenvalue weighted by Gasteiger charge is -2.34. The van der Waals surface area contributed by atoms with Crippen LogP contribution in [0.2, 0.25) is 0 Å². The Labute approximate surface area is 202 Å². The number of hydrogen-bond donors (Lipinski definition) is 0. The predicted octanol–water partition coefficient (Wildman–Crippen LogP) is 5.97. The Morgan fingerprint density at radius 2 is 1.49 bits per heavy atom. The lowest BCUT2D eigenvalue weighted by atomic mass is 9.81. The summed E-state index contributed by atoms with van der Waals surface area (Å²) in [4.78, 5) is -0.210. The van der Waals surface area contributed by atoms with Gasteiger partial charge in [-0.15, -0.1) is 13.2 Å². The van der Waals surface area contributed by atoms with Gasteiger partial charge in [0.05, 0.1) is 11.0 Å². The summed E-state index contributed by atoms with van der Waals surface area (Å²) < 4.78 is 76.0. The van der Waals surface area contributed by atoms with Gasteiger partial charge in [0.2, 0.25) is 0 Å². The van der Waals surface area contributed by atoms with Crippen molar-refractivity contribution in [3.63, 3.8) is 0 Å². The molecule has 5 nitrogen and oxygen atoms in total. The van der Waals surface area contributed by atoms with E-state index in [1.165, 1.54) is 6.21 Å². The van der Waals surface area contributed by atoms with Crippen LogP contribution >= 0.6 is 0 Å². The van der Waals surface area contributed by atoms with Gasteiger partial charge in [-0.2, -0.15) is 12.8 Å². The molecular weight excluding hydrogens is 479 g/mol. The van der Waals surface area contributed by atoms with E-state index in [1.54, 1.807) is 0 Å². The SMILES string of the molecule is O=S(=O)(N=CC1CCO[C@H](C(c2ccccc2)c2ccccc2)C1)c1ccc(OC(F)(F)F)cc1. The summed E-state index contributed by atoms with van der Waals surface area (Å²) >= 11 is 0. The number of nitrogens with zero attached hydrogens (tertiary/aromatic N) is 1. The lowest BCUT2D eigenvalue weighted by Crippen LogP contribution is -2.32. The van der Waals surface area contributed by atoms with Gasteiger partial charge in [-0.1, -0.05) is 60.7 Å². The van der Waals surface area contributed by atoms with Crippen LogP contribution in [0.25, 0.3) is 0 Å². The third-order valence-electron chi connectivity index (χ3n) is 5.81. The molecule has 1 unspecified atom stereocenters. The van der Waals surface area contributed by atoms with Crippen molar-refractivity contribution < 1.29 is 31.1 Å². The maximum atomic E-state index is 12.6. The van der Waals surface area contributed by atoms with Gasteiger partial charge in [0.1, 0.15) is 5.75 Å². The molecule has 3 aromatic rings. The highest BCUT2D eigenvalue weighted by molar-refractivity contribution is 7.90. The first-order chi connectivity index (χ1) is 16.7. The van der Waals surface area contributed by atoms with E-state index in [9.17, 15) is 21.6 Å². The van der Waals surface area contributed by atoms with Crippen LogP contribution in [-0.4, -0.2) is 33.7 Å². The molecule has 1 fully saturated rings. The molecule has 0 radical (unpaired) electrons. The Bertz CT molecular complexity index is 1190. The quantitative estimate of drug-likeness (QED) is 0.373. The molecule has 3 aromatic carbocycles. The maximum absolute atomic E-state index is 12.6. The van der Waals surface area contributed by atoms with Gasteiger partial charge in [0.25, 0.3) is 10.0 Å². The molecule has 0 saturated carbocycles. The zero-order chi connectivity index (χ0) is 24.9. The van der Waals surface area contributed by atoms with Crippen molar-refractivity contribution in [1.29, 1.82) is 0 Å². The topological polar surface area (TPSA) is 65.0 Å². The van der Waals surface area contributed by atoms with Crippen molar-refractivity contribution in [2.45, 2.75) is 36.1 Å². The molecule has 1 saturated heterocycles. The summed E-state index contributed by atoms with van der Waals surface area (Å²) in [7, 11) is -4.07. The van der Waals surface area contributed by atoms with Gasteiger partial charge in [-0.25, -0.2) is 0 Å². The highest BCUT2D eigenvalue weighted by Gasteiger charge is 2.32. The Balaban J connectivity index is 1.50. The van der Waals surface area contributed by atoms with Crippen molar-refractivity contribution in [2.24, 2.45) is 10.3 Å². The second-order valence-corrected chi connectivity index (χ2v) is 9.87. The van der Waals surface area contributed by atoms with Crippen molar-refractivity contribution in [3.05, 3.63) is 96.1 Å². The number of ether oxygens (including phenoxy) is 2. The van der Waals surface area contributed by atoms with E-state index in [0.717, 1.165) is 35.4 Å². The summed E-state index contributed by atoms with van der Waals surface area (Å²) in [6.45, 7) is 0.459. The van der Waals surface area contributed by atoms with Crippen molar-refractivity contribution in [2.75, 3.05) is 6.61 Å². The molecule has 9 heteroatoms. The molecule has 1 aliphatic rings. The van der Waals surface area contributed by atoms with E-state index >= 15 is 0 Å². The van der Waals surface area contributed by atoms with Crippen molar-refractivity contribution in [3.8, 4) is 5.75 Å². The maximum Gasteiger partial charge on any atom is 0.573 e.